The maximum Gasteiger partial charge on any atom is 0.408 e. The van der Waals surface area contributed by atoms with E-state index in [4.69, 9.17) is 23.7 Å². The molecule has 11 atom stereocenters. The summed E-state index contributed by atoms with van der Waals surface area (Å²) in [5.74, 6) is -5.36. The number of Topliss-reactive ketones (excluding diaryl/α,β-unsaturated/α-hetero) is 1. The molecular weight excluding hydrogens is 753 g/mol. The lowest BCUT2D eigenvalue weighted by atomic mass is 9.44. The van der Waals surface area contributed by atoms with Gasteiger partial charge in [-0.25, -0.2) is 14.4 Å². The van der Waals surface area contributed by atoms with E-state index in [2.05, 4.69) is 5.32 Å². The molecule has 1 aliphatic heterocycles. The van der Waals surface area contributed by atoms with Crippen LogP contribution in [0.25, 0.3) is 0 Å². The zero-order chi connectivity index (χ0) is 42.7. The standard InChI is InChI=1S/C43H53NO14/c1-22-26(55-37(51)32(48)30(24-15-11-9-12-16-24)44-38(52)58-39(3,4)5)20-43(53)35(56-36(50)25-17-13-10-14-18-25)33-41(8,34(49)31(47)29(22)40(43,6)7)27(46)19-28-42(33,21-54-28)57-23(2)45/h9-18,26-28,30-33,35,46-48,53H,19-21H2,1-8H3,(H,44,52)/t26-,27-,28+,30-,31+,32+,33-,35-,41+,42-,43+/m0/s1/i39-1. The molecule has 15 heteroatoms. The Kier molecular flexibility index (Phi) is 11.2. The van der Waals surface area contributed by atoms with E-state index < -0.39 is 112 Å². The van der Waals surface area contributed by atoms with Gasteiger partial charge in [0.1, 0.15) is 35.6 Å². The second-order valence-electron chi connectivity index (χ2n) is 17.6. The van der Waals surface area contributed by atoms with Crippen LogP contribution in [0.15, 0.2) is 71.8 Å². The minimum absolute atomic E-state index is 0.0637. The van der Waals surface area contributed by atoms with E-state index in [0.29, 0.717) is 5.56 Å². The fourth-order valence-electron chi connectivity index (χ4n) is 9.56. The summed E-state index contributed by atoms with van der Waals surface area (Å²) in [6.07, 6.45) is -11.5. The highest BCUT2D eigenvalue weighted by molar-refractivity contribution is 5.94. The van der Waals surface area contributed by atoms with Crippen LogP contribution in [-0.2, 0) is 38.1 Å². The number of hydrogen-bond acceptors (Lipinski definition) is 14. The van der Waals surface area contributed by atoms with E-state index in [1.807, 2.05) is 0 Å². The largest absolute Gasteiger partial charge is 0.456 e. The van der Waals surface area contributed by atoms with Crippen molar-refractivity contribution in [1.29, 1.82) is 0 Å². The topological polar surface area (TPSA) is 224 Å². The second-order valence-corrected chi connectivity index (χ2v) is 17.6. The Balaban J connectivity index is 1.49. The zero-order valence-electron chi connectivity index (χ0n) is 33.9. The third-order valence-corrected chi connectivity index (χ3v) is 12.6. The summed E-state index contributed by atoms with van der Waals surface area (Å²) in [5.41, 5.74) is -8.14. The molecule has 0 spiro atoms. The first-order valence-corrected chi connectivity index (χ1v) is 19.3. The lowest BCUT2D eigenvalue weighted by Crippen LogP contribution is -2.81. The van der Waals surface area contributed by atoms with Gasteiger partial charge in [-0.3, -0.25) is 9.59 Å². The molecule has 0 aromatic heterocycles. The molecule has 1 amide bonds. The molecule has 6 rings (SSSR count). The number of fused-ring (bicyclic) bond motifs is 5. The maximum absolute atomic E-state index is 14.9. The predicted octanol–water partition coefficient (Wildman–Crippen LogP) is 3.26. The van der Waals surface area contributed by atoms with Crippen molar-refractivity contribution >= 4 is 29.8 Å². The first-order valence-electron chi connectivity index (χ1n) is 19.3. The van der Waals surface area contributed by atoms with Crippen LogP contribution in [0.4, 0.5) is 4.79 Å². The van der Waals surface area contributed by atoms with Gasteiger partial charge in [-0.05, 0) is 63.5 Å². The molecule has 0 radical (unpaired) electrons. The molecular formula is C43H53NO14. The Labute approximate surface area is 336 Å². The molecule has 4 aliphatic rings. The Morgan fingerprint density at radius 3 is 2.10 bits per heavy atom. The van der Waals surface area contributed by atoms with E-state index in [1.54, 1.807) is 83.1 Å². The van der Waals surface area contributed by atoms with Crippen LogP contribution in [0.5, 0.6) is 0 Å². The Hall–Kier alpha value is -4.67. The summed E-state index contributed by atoms with van der Waals surface area (Å²) in [5, 5.41) is 51.6. The molecule has 2 aromatic rings. The maximum atomic E-state index is 14.9. The number of aliphatic hydroxyl groups is 4. The first kappa shape index (κ1) is 42.9. The van der Waals surface area contributed by atoms with Crippen molar-refractivity contribution in [2.75, 3.05) is 6.61 Å². The SMILES string of the molecule is CC(=O)O[C@@]12CO[C@@H]1C[C@H](O)[C@@]1(C)C(=O)[C@H](O)C3=C(C)[C@@H](OC(=O)[C@H](O)[C@@H](NC(=O)O[11C](C)(C)C)c4ccccc4)C[C@@](O)([C@@H](OC(=O)c4ccccc4)[C@H]21)C3(C)C. The number of rotatable bonds is 8. The predicted molar refractivity (Wildman–Crippen MR) is 204 cm³/mol. The van der Waals surface area contributed by atoms with Gasteiger partial charge < -0.3 is 49.4 Å². The van der Waals surface area contributed by atoms with E-state index >= 15 is 0 Å². The molecule has 1 heterocycles. The van der Waals surface area contributed by atoms with Crippen molar-refractivity contribution in [1.82, 2.24) is 5.32 Å². The van der Waals surface area contributed by atoms with Gasteiger partial charge in [0.15, 0.2) is 17.5 Å². The molecule has 58 heavy (non-hydrogen) atoms. The van der Waals surface area contributed by atoms with Crippen molar-refractivity contribution in [3.05, 3.63) is 82.9 Å². The van der Waals surface area contributed by atoms with E-state index in [-0.39, 0.29) is 29.7 Å². The fourth-order valence-corrected chi connectivity index (χ4v) is 9.56. The molecule has 2 saturated carbocycles. The molecule has 0 unspecified atom stereocenters. The van der Waals surface area contributed by atoms with Crippen LogP contribution in [-0.4, -0.2) is 110 Å². The summed E-state index contributed by atoms with van der Waals surface area (Å²) in [4.78, 5) is 68.9. The number of alkyl carbamates (subject to hydrolysis) is 1. The van der Waals surface area contributed by atoms with Gasteiger partial charge in [-0.2, -0.15) is 0 Å². The van der Waals surface area contributed by atoms with Crippen LogP contribution in [0.3, 0.4) is 0 Å². The number of amides is 1. The van der Waals surface area contributed by atoms with Gasteiger partial charge in [0, 0.05) is 25.2 Å². The Morgan fingerprint density at radius 2 is 1.55 bits per heavy atom. The number of nitrogens with one attached hydrogen (secondary N) is 1. The van der Waals surface area contributed by atoms with Gasteiger partial charge in [-0.15, -0.1) is 0 Å². The average molecular weight is 807 g/mol. The lowest BCUT2D eigenvalue weighted by Gasteiger charge is -2.67. The molecule has 2 bridgehead atoms. The van der Waals surface area contributed by atoms with Crippen LogP contribution in [0, 0.1) is 16.7 Å². The number of carbonyl (C=O) groups is 5. The molecule has 5 N–H and O–H groups in total. The number of benzene rings is 2. The number of carbonyl (C=O) groups excluding carboxylic acids is 5. The van der Waals surface area contributed by atoms with Gasteiger partial charge in [0.05, 0.1) is 35.6 Å². The number of ketones is 1. The summed E-state index contributed by atoms with van der Waals surface area (Å²) in [6, 6.07) is 14.6. The summed E-state index contributed by atoms with van der Waals surface area (Å²) in [7, 11) is 0. The van der Waals surface area contributed by atoms with E-state index in [0.717, 1.165) is 6.92 Å². The number of esters is 3. The van der Waals surface area contributed by atoms with E-state index in [1.165, 1.54) is 26.0 Å². The summed E-state index contributed by atoms with van der Waals surface area (Å²) in [6.45, 7) is 11.8. The van der Waals surface area contributed by atoms with Gasteiger partial charge in [0.25, 0.3) is 0 Å². The monoisotopic (exact) mass is 806 g/mol. The average Bonchev–Trinajstić information content (AvgIpc) is 3.14. The molecule has 15 nitrogen and oxygen atoms in total. The molecule has 3 aliphatic carbocycles. The van der Waals surface area contributed by atoms with Crippen molar-refractivity contribution in [3.8, 4) is 0 Å². The molecule has 2 aromatic carbocycles. The van der Waals surface area contributed by atoms with Crippen LogP contribution in [0.1, 0.15) is 90.2 Å². The van der Waals surface area contributed by atoms with Crippen molar-refractivity contribution < 1.29 is 68.1 Å². The summed E-state index contributed by atoms with van der Waals surface area (Å²) >= 11 is 0. The van der Waals surface area contributed by atoms with Gasteiger partial charge in [0.2, 0.25) is 0 Å². The quantitative estimate of drug-likeness (QED) is 0.147. The third kappa shape index (κ3) is 7.10. The van der Waals surface area contributed by atoms with Crippen molar-refractivity contribution in [3.63, 3.8) is 0 Å². The van der Waals surface area contributed by atoms with Crippen LogP contribution in [0.2, 0.25) is 0 Å². The van der Waals surface area contributed by atoms with Crippen molar-refractivity contribution in [2.24, 2.45) is 16.7 Å². The number of hydrogen-bond donors (Lipinski definition) is 5. The highest BCUT2D eigenvalue weighted by Crippen LogP contribution is 2.64. The lowest BCUT2D eigenvalue weighted by molar-refractivity contribution is -0.346. The van der Waals surface area contributed by atoms with Crippen LogP contribution < -0.4 is 5.32 Å². The van der Waals surface area contributed by atoms with Crippen molar-refractivity contribution in [2.45, 2.75) is 128 Å². The molecule has 1 saturated heterocycles. The van der Waals surface area contributed by atoms with Crippen LogP contribution >= 0.6 is 0 Å². The molecule has 3 fully saturated rings. The summed E-state index contributed by atoms with van der Waals surface area (Å²) < 4.78 is 29.5. The van der Waals surface area contributed by atoms with Gasteiger partial charge >= 0.3 is 24.0 Å². The minimum atomic E-state index is -2.35. The normalized spacial score (nSPS) is 33.7. The first-order chi connectivity index (χ1) is 27.0. The second kappa shape index (κ2) is 15.2. The van der Waals surface area contributed by atoms with E-state index in [9.17, 15) is 44.4 Å². The number of aliphatic hydroxyl groups excluding tert-OH is 3. The number of ether oxygens (including phenoxy) is 5. The molecule has 314 valence electrons. The highest BCUT2D eigenvalue weighted by Gasteiger charge is 2.78. The minimum Gasteiger partial charge on any atom is -0.456 e. The third-order valence-electron chi connectivity index (χ3n) is 12.6. The highest BCUT2D eigenvalue weighted by atomic mass is 16.6. The Morgan fingerprint density at radius 1 is 0.948 bits per heavy atom. The fraction of sp³-hybridized carbons (Fsp3) is 0.558. The van der Waals surface area contributed by atoms with Gasteiger partial charge in [-0.1, -0.05) is 62.4 Å². The Bertz CT molecular complexity index is 1980. The zero-order valence-corrected chi connectivity index (χ0v) is 33.9. The smallest absolute Gasteiger partial charge is 0.408 e.